The van der Waals surface area contributed by atoms with Crippen molar-refractivity contribution in [3.8, 4) is 0 Å². The molecule has 0 saturated carbocycles. The lowest BCUT2D eigenvalue weighted by Crippen LogP contribution is -2.39. The van der Waals surface area contributed by atoms with Gasteiger partial charge in [-0.1, -0.05) is 6.07 Å². The van der Waals surface area contributed by atoms with Crippen LogP contribution in [0.4, 0.5) is 18.9 Å². The van der Waals surface area contributed by atoms with Crippen LogP contribution in [0, 0.1) is 6.92 Å². The van der Waals surface area contributed by atoms with Crippen LogP contribution < -0.4 is 10.5 Å². The average Bonchev–Trinajstić information content (AvgIpc) is 3.01. The van der Waals surface area contributed by atoms with Crippen LogP contribution in [-0.2, 0) is 12.6 Å². The highest BCUT2D eigenvalue weighted by Crippen LogP contribution is 2.39. The molecule has 0 fully saturated rings. The van der Waals surface area contributed by atoms with Crippen molar-refractivity contribution >= 4 is 27.9 Å². The van der Waals surface area contributed by atoms with Crippen LogP contribution in [-0.4, -0.2) is 21.8 Å². The number of carbonyl (C=O) groups is 1. The lowest BCUT2D eigenvalue weighted by atomic mass is 9.95. The molecule has 9 heteroatoms. The molecular weight excluding hydrogens is 379 g/mol. The van der Waals surface area contributed by atoms with E-state index in [1.54, 1.807) is 12.3 Å². The minimum atomic E-state index is -4.49. The standard InChI is InChI=1S/C18H14F3N3O2S/c1-10-9-27-17-22-8-12(16(26)24(10)17)15(25)23-7-3-4-11-13(18(19,20)21)5-2-6-14(11)23/h2,5-6,8-9H,3-4,7H2,1H3. The van der Waals surface area contributed by atoms with E-state index in [-0.39, 0.29) is 29.8 Å². The van der Waals surface area contributed by atoms with Gasteiger partial charge >= 0.3 is 6.18 Å². The molecule has 27 heavy (non-hydrogen) atoms. The third-order valence-electron chi connectivity index (χ3n) is 4.65. The molecule has 1 aliphatic heterocycles. The summed E-state index contributed by atoms with van der Waals surface area (Å²) in [5.41, 5.74) is -0.461. The minimum absolute atomic E-state index is 0.0884. The monoisotopic (exact) mass is 393 g/mol. The first-order valence-electron chi connectivity index (χ1n) is 8.26. The molecule has 0 aliphatic carbocycles. The van der Waals surface area contributed by atoms with Crippen LogP contribution in [0.15, 0.2) is 34.6 Å². The Bertz CT molecular complexity index is 1120. The van der Waals surface area contributed by atoms with Gasteiger partial charge in [-0.25, -0.2) is 4.98 Å². The normalized spacial score (nSPS) is 14.4. The summed E-state index contributed by atoms with van der Waals surface area (Å²) >= 11 is 1.28. The third kappa shape index (κ3) is 2.82. The highest BCUT2D eigenvalue weighted by Gasteiger charge is 2.37. The van der Waals surface area contributed by atoms with Gasteiger partial charge in [0.15, 0.2) is 4.96 Å². The predicted molar refractivity (Wildman–Crippen MR) is 95.5 cm³/mol. The number of benzene rings is 1. The Morgan fingerprint density at radius 1 is 1.30 bits per heavy atom. The van der Waals surface area contributed by atoms with Crippen molar-refractivity contribution < 1.29 is 18.0 Å². The Morgan fingerprint density at radius 2 is 2.07 bits per heavy atom. The molecule has 1 amide bonds. The van der Waals surface area contributed by atoms with Crippen molar-refractivity contribution in [3.05, 3.63) is 62.5 Å². The number of nitrogens with zero attached hydrogens (tertiary/aromatic N) is 3. The van der Waals surface area contributed by atoms with Crippen LogP contribution in [0.25, 0.3) is 4.96 Å². The number of hydrogen-bond acceptors (Lipinski definition) is 4. The zero-order valence-corrected chi connectivity index (χ0v) is 15.0. The largest absolute Gasteiger partial charge is 0.416 e. The number of amides is 1. The Morgan fingerprint density at radius 3 is 2.81 bits per heavy atom. The number of carbonyl (C=O) groups excluding carboxylic acids is 1. The average molecular weight is 393 g/mol. The Balaban J connectivity index is 1.83. The second kappa shape index (κ2) is 6.19. The van der Waals surface area contributed by atoms with Gasteiger partial charge in [0.25, 0.3) is 11.5 Å². The molecule has 3 heterocycles. The summed E-state index contributed by atoms with van der Waals surface area (Å²) in [4.78, 5) is 31.6. The zero-order chi connectivity index (χ0) is 19.3. The van der Waals surface area contributed by atoms with E-state index in [9.17, 15) is 22.8 Å². The number of halogens is 3. The predicted octanol–water partition coefficient (Wildman–Crippen LogP) is 3.68. The number of alkyl halides is 3. The number of aryl methyl sites for hydroxylation is 1. The first kappa shape index (κ1) is 17.7. The summed E-state index contributed by atoms with van der Waals surface area (Å²) in [7, 11) is 0. The second-order valence-electron chi connectivity index (χ2n) is 6.33. The smallest absolute Gasteiger partial charge is 0.308 e. The molecule has 0 atom stereocenters. The molecular formula is C18H14F3N3O2S. The topological polar surface area (TPSA) is 54.7 Å². The van der Waals surface area contributed by atoms with Crippen molar-refractivity contribution in [2.24, 2.45) is 0 Å². The van der Waals surface area contributed by atoms with E-state index >= 15 is 0 Å². The number of hydrogen-bond donors (Lipinski definition) is 0. The fourth-order valence-corrected chi connectivity index (χ4v) is 4.25. The fourth-order valence-electron chi connectivity index (χ4n) is 3.42. The van der Waals surface area contributed by atoms with Gasteiger partial charge in [-0.3, -0.25) is 14.0 Å². The summed E-state index contributed by atoms with van der Waals surface area (Å²) < 4.78 is 41.3. The van der Waals surface area contributed by atoms with E-state index in [0.29, 0.717) is 17.1 Å². The molecule has 0 saturated heterocycles. The molecule has 3 aromatic rings. The number of thiazole rings is 1. The minimum Gasteiger partial charge on any atom is -0.308 e. The van der Waals surface area contributed by atoms with Crippen molar-refractivity contribution in [1.82, 2.24) is 9.38 Å². The first-order valence-corrected chi connectivity index (χ1v) is 9.14. The van der Waals surface area contributed by atoms with Crippen LogP contribution >= 0.6 is 11.3 Å². The summed E-state index contributed by atoms with van der Waals surface area (Å²) in [5.74, 6) is -0.632. The maximum absolute atomic E-state index is 13.3. The van der Waals surface area contributed by atoms with E-state index in [4.69, 9.17) is 0 Å². The van der Waals surface area contributed by atoms with E-state index in [1.807, 2.05) is 0 Å². The highest BCUT2D eigenvalue weighted by molar-refractivity contribution is 7.15. The quantitative estimate of drug-likeness (QED) is 0.634. The zero-order valence-electron chi connectivity index (χ0n) is 14.2. The van der Waals surface area contributed by atoms with E-state index in [1.165, 1.54) is 39.0 Å². The molecule has 0 bridgehead atoms. The van der Waals surface area contributed by atoms with Gasteiger partial charge in [-0.05, 0) is 37.5 Å². The summed E-state index contributed by atoms with van der Waals surface area (Å²) in [6, 6.07) is 3.79. The number of rotatable bonds is 1. The Kier molecular flexibility index (Phi) is 4.06. The summed E-state index contributed by atoms with van der Waals surface area (Å²) in [6.07, 6.45) is -2.67. The molecule has 5 nitrogen and oxygen atoms in total. The van der Waals surface area contributed by atoms with Crippen molar-refractivity contribution in [3.63, 3.8) is 0 Å². The van der Waals surface area contributed by atoms with Crippen molar-refractivity contribution in [2.75, 3.05) is 11.4 Å². The maximum atomic E-state index is 13.3. The molecule has 0 unspecified atom stereocenters. The molecule has 4 rings (SSSR count). The first-order chi connectivity index (χ1) is 12.8. The lowest BCUT2D eigenvalue weighted by Gasteiger charge is -2.31. The summed E-state index contributed by atoms with van der Waals surface area (Å²) in [6.45, 7) is 1.98. The van der Waals surface area contributed by atoms with Gasteiger partial charge in [-0.15, -0.1) is 11.3 Å². The van der Waals surface area contributed by atoms with Crippen molar-refractivity contribution in [1.29, 1.82) is 0 Å². The van der Waals surface area contributed by atoms with E-state index in [0.717, 1.165) is 6.07 Å². The molecule has 140 valence electrons. The molecule has 0 N–H and O–H groups in total. The number of aromatic nitrogens is 2. The summed E-state index contributed by atoms with van der Waals surface area (Å²) in [5, 5.41) is 1.75. The number of anilines is 1. The Labute approximate surface area is 155 Å². The molecule has 2 aromatic heterocycles. The molecule has 0 radical (unpaired) electrons. The van der Waals surface area contributed by atoms with Gasteiger partial charge in [-0.2, -0.15) is 13.2 Å². The molecule has 1 aliphatic rings. The van der Waals surface area contributed by atoms with Gasteiger partial charge in [0.2, 0.25) is 0 Å². The van der Waals surface area contributed by atoms with Crippen LogP contribution in [0.5, 0.6) is 0 Å². The fraction of sp³-hybridized carbons (Fsp3) is 0.278. The van der Waals surface area contributed by atoms with Crippen LogP contribution in [0.3, 0.4) is 0 Å². The SMILES string of the molecule is Cc1csc2ncc(C(=O)N3CCCc4c3cccc4C(F)(F)F)c(=O)n12. The third-order valence-corrected chi connectivity index (χ3v) is 5.61. The van der Waals surface area contributed by atoms with Gasteiger partial charge in [0, 0.05) is 29.5 Å². The van der Waals surface area contributed by atoms with Crippen LogP contribution in [0.2, 0.25) is 0 Å². The van der Waals surface area contributed by atoms with E-state index in [2.05, 4.69) is 4.98 Å². The number of fused-ring (bicyclic) bond motifs is 2. The molecule has 0 spiro atoms. The Hall–Kier alpha value is -2.68. The second-order valence-corrected chi connectivity index (χ2v) is 7.17. The molecule has 1 aromatic carbocycles. The van der Waals surface area contributed by atoms with Crippen molar-refractivity contribution in [2.45, 2.75) is 25.9 Å². The van der Waals surface area contributed by atoms with Gasteiger partial charge < -0.3 is 4.90 Å². The van der Waals surface area contributed by atoms with Crippen LogP contribution in [0.1, 0.15) is 33.6 Å². The highest BCUT2D eigenvalue weighted by atomic mass is 32.1. The van der Waals surface area contributed by atoms with Gasteiger partial charge in [0.05, 0.1) is 5.56 Å². The maximum Gasteiger partial charge on any atom is 0.416 e. The van der Waals surface area contributed by atoms with E-state index < -0.39 is 23.2 Å². The van der Waals surface area contributed by atoms with Gasteiger partial charge in [0.1, 0.15) is 5.56 Å². The lowest BCUT2D eigenvalue weighted by molar-refractivity contribution is -0.138.